The van der Waals surface area contributed by atoms with Crippen LogP contribution in [0.3, 0.4) is 0 Å². The number of hydrogen-bond donors (Lipinski definition) is 2. The zero-order valence-corrected chi connectivity index (χ0v) is 12.3. The van der Waals surface area contributed by atoms with Crippen LogP contribution >= 0.6 is 0 Å². The summed E-state index contributed by atoms with van der Waals surface area (Å²) < 4.78 is 0. The summed E-state index contributed by atoms with van der Waals surface area (Å²) in [4.78, 5) is 12.3. The molecule has 1 saturated heterocycles. The van der Waals surface area contributed by atoms with E-state index in [-0.39, 0.29) is 17.5 Å². The molecule has 1 heterocycles. The summed E-state index contributed by atoms with van der Waals surface area (Å²) in [6, 6.07) is 0.00331. The summed E-state index contributed by atoms with van der Waals surface area (Å²) in [6.45, 7) is 9.52. The molecule has 1 saturated carbocycles. The standard InChI is InChI=1S/C15H28N2O/c1-14(2,3)17-13(18)12-9-15(4)8-6-5-7-11(15)10-16-12/h11-12,16H,5-10H2,1-4H3,(H,17,18)/t11-,12+,15+/m1/s1. The van der Waals surface area contributed by atoms with Crippen molar-refractivity contribution in [1.82, 2.24) is 10.6 Å². The van der Waals surface area contributed by atoms with Gasteiger partial charge in [-0.25, -0.2) is 0 Å². The fourth-order valence-corrected chi connectivity index (χ4v) is 3.55. The van der Waals surface area contributed by atoms with E-state index in [9.17, 15) is 4.79 Å². The summed E-state index contributed by atoms with van der Waals surface area (Å²) in [5.74, 6) is 0.942. The van der Waals surface area contributed by atoms with Crippen LogP contribution in [-0.2, 0) is 4.79 Å². The highest BCUT2D eigenvalue weighted by Gasteiger charge is 2.43. The maximum absolute atomic E-state index is 12.3. The second kappa shape index (κ2) is 4.84. The van der Waals surface area contributed by atoms with Gasteiger partial charge >= 0.3 is 0 Å². The van der Waals surface area contributed by atoms with Crippen LogP contribution in [0.2, 0.25) is 0 Å². The van der Waals surface area contributed by atoms with Gasteiger partial charge in [-0.15, -0.1) is 0 Å². The van der Waals surface area contributed by atoms with Gasteiger partial charge in [0.25, 0.3) is 0 Å². The molecule has 3 nitrogen and oxygen atoms in total. The number of amides is 1. The lowest BCUT2D eigenvalue weighted by Gasteiger charge is -2.48. The van der Waals surface area contributed by atoms with E-state index in [1.807, 2.05) is 20.8 Å². The highest BCUT2D eigenvalue weighted by molar-refractivity contribution is 5.82. The van der Waals surface area contributed by atoms with Crippen LogP contribution < -0.4 is 10.6 Å². The Bertz CT molecular complexity index is 321. The Hall–Kier alpha value is -0.570. The van der Waals surface area contributed by atoms with Crippen molar-refractivity contribution < 1.29 is 4.79 Å². The first-order chi connectivity index (χ1) is 8.30. The highest BCUT2D eigenvalue weighted by Crippen LogP contribution is 2.46. The van der Waals surface area contributed by atoms with E-state index in [2.05, 4.69) is 17.6 Å². The molecule has 0 unspecified atom stereocenters. The van der Waals surface area contributed by atoms with Gasteiger partial charge in [-0.2, -0.15) is 0 Å². The van der Waals surface area contributed by atoms with Crippen molar-refractivity contribution in [2.75, 3.05) is 6.54 Å². The molecular weight excluding hydrogens is 224 g/mol. The molecule has 2 N–H and O–H groups in total. The Kier molecular flexibility index (Phi) is 3.72. The van der Waals surface area contributed by atoms with Gasteiger partial charge in [0.15, 0.2) is 0 Å². The molecule has 0 aromatic carbocycles. The monoisotopic (exact) mass is 252 g/mol. The second-order valence-corrected chi connectivity index (χ2v) is 7.50. The predicted molar refractivity (Wildman–Crippen MR) is 74.4 cm³/mol. The molecule has 3 heteroatoms. The van der Waals surface area contributed by atoms with Crippen molar-refractivity contribution in [3.8, 4) is 0 Å². The minimum atomic E-state index is -0.136. The van der Waals surface area contributed by atoms with Crippen molar-refractivity contribution in [1.29, 1.82) is 0 Å². The molecule has 1 aliphatic carbocycles. The van der Waals surface area contributed by atoms with E-state index in [0.717, 1.165) is 18.9 Å². The van der Waals surface area contributed by atoms with Gasteiger partial charge in [0.1, 0.15) is 0 Å². The number of carbonyl (C=O) groups excluding carboxylic acids is 1. The maximum atomic E-state index is 12.3. The van der Waals surface area contributed by atoms with Crippen LogP contribution in [0.4, 0.5) is 0 Å². The fraction of sp³-hybridized carbons (Fsp3) is 0.933. The quantitative estimate of drug-likeness (QED) is 0.752. The highest BCUT2D eigenvalue weighted by atomic mass is 16.2. The van der Waals surface area contributed by atoms with E-state index >= 15 is 0 Å². The van der Waals surface area contributed by atoms with Gasteiger partial charge in [-0.1, -0.05) is 19.8 Å². The van der Waals surface area contributed by atoms with Crippen molar-refractivity contribution >= 4 is 5.91 Å². The predicted octanol–water partition coefficient (Wildman–Crippen LogP) is 2.46. The van der Waals surface area contributed by atoms with E-state index in [1.54, 1.807) is 0 Å². The zero-order valence-electron chi connectivity index (χ0n) is 12.3. The first-order valence-electron chi connectivity index (χ1n) is 7.36. The van der Waals surface area contributed by atoms with Crippen LogP contribution in [0.15, 0.2) is 0 Å². The number of piperidine rings is 1. The summed E-state index contributed by atoms with van der Waals surface area (Å²) in [7, 11) is 0. The Morgan fingerprint density at radius 3 is 2.72 bits per heavy atom. The molecule has 2 fully saturated rings. The number of hydrogen-bond acceptors (Lipinski definition) is 2. The SMILES string of the molecule is CC(C)(C)NC(=O)[C@@H]1C[C@]2(C)CCCC[C@@H]2CN1. The molecular formula is C15H28N2O. The van der Waals surface area contributed by atoms with Crippen molar-refractivity contribution in [3.63, 3.8) is 0 Å². The third kappa shape index (κ3) is 3.05. The van der Waals surface area contributed by atoms with Crippen LogP contribution in [-0.4, -0.2) is 24.0 Å². The summed E-state index contributed by atoms with van der Waals surface area (Å²) >= 11 is 0. The third-order valence-electron chi connectivity index (χ3n) is 4.63. The molecule has 0 radical (unpaired) electrons. The van der Waals surface area contributed by atoms with Crippen molar-refractivity contribution in [3.05, 3.63) is 0 Å². The van der Waals surface area contributed by atoms with Crippen molar-refractivity contribution in [2.24, 2.45) is 11.3 Å². The second-order valence-electron chi connectivity index (χ2n) is 7.50. The average molecular weight is 252 g/mol. The van der Waals surface area contributed by atoms with Crippen LogP contribution in [0.5, 0.6) is 0 Å². The average Bonchev–Trinajstić information content (AvgIpc) is 2.25. The minimum Gasteiger partial charge on any atom is -0.350 e. The third-order valence-corrected chi connectivity index (χ3v) is 4.63. The summed E-state index contributed by atoms with van der Waals surface area (Å²) in [6.07, 6.45) is 6.32. The Morgan fingerprint density at radius 1 is 1.33 bits per heavy atom. The molecule has 104 valence electrons. The van der Waals surface area contributed by atoms with Gasteiger partial charge < -0.3 is 10.6 Å². The van der Waals surface area contributed by atoms with Gasteiger partial charge in [0.2, 0.25) is 5.91 Å². The van der Waals surface area contributed by atoms with Gasteiger partial charge in [-0.3, -0.25) is 4.79 Å². The number of nitrogens with one attached hydrogen (secondary N) is 2. The van der Waals surface area contributed by atoms with E-state index in [4.69, 9.17) is 0 Å². The zero-order chi connectivity index (χ0) is 13.4. The van der Waals surface area contributed by atoms with Gasteiger partial charge in [0.05, 0.1) is 6.04 Å². The molecule has 0 aromatic heterocycles. The van der Waals surface area contributed by atoms with Gasteiger partial charge in [-0.05, 0) is 57.9 Å². The molecule has 0 aromatic rings. The summed E-state index contributed by atoms with van der Waals surface area (Å²) in [5.41, 5.74) is 0.243. The first kappa shape index (κ1) is 13.9. The number of rotatable bonds is 1. The van der Waals surface area contributed by atoms with Crippen molar-refractivity contribution in [2.45, 2.75) is 71.4 Å². The molecule has 2 aliphatic rings. The topological polar surface area (TPSA) is 41.1 Å². The fourth-order valence-electron chi connectivity index (χ4n) is 3.55. The molecule has 0 bridgehead atoms. The lowest BCUT2D eigenvalue weighted by atomic mass is 9.62. The largest absolute Gasteiger partial charge is 0.350 e. The van der Waals surface area contributed by atoms with Crippen LogP contribution in [0.25, 0.3) is 0 Å². The Morgan fingerprint density at radius 2 is 2.06 bits per heavy atom. The lowest BCUT2D eigenvalue weighted by Crippen LogP contribution is -2.58. The first-order valence-corrected chi connectivity index (χ1v) is 7.36. The van der Waals surface area contributed by atoms with E-state index in [0.29, 0.717) is 5.41 Å². The number of carbonyl (C=O) groups is 1. The van der Waals surface area contributed by atoms with Crippen LogP contribution in [0.1, 0.15) is 59.8 Å². The maximum Gasteiger partial charge on any atom is 0.237 e. The molecule has 18 heavy (non-hydrogen) atoms. The van der Waals surface area contributed by atoms with E-state index < -0.39 is 0 Å². The minimum absolute atomic E-state index is 0.00331. The Labute approximate surface area is 111 Å². The molecule has 1 aliphatic heterocycles. The normalized spacial score (nSPS) is 36.9. The summed E-state index contributed by atoms with van der Waals surface area (Å²) in [5, 5.41) is 6.55. The Balaban J connectivity index is 1.98. The lowest BCUT2D eigenvalue weighted by molar-refractivity contribution is -0.127. The van der Waals surface area contributed by atoms with E-state index in [1.165, 1.54) is 25.7 Å². The molecule has 2 rings (SSSR count). The van der Waals surface area contributed by atoms with Crippen LogP contribution in [0, 0.1) is 11.3 Å². The smallest absolute Gasteiger partial charge is 0.237 e. The number of fused-ring (bicyclic) bond motifs is 1. The molecule has 3 atom stereocenters. The van der Waals surface area contributed by atoms with Gasteiger partial charge in [0, 0.05) is 5.54 Å². The molecule has 1 amide bonds. The molecule has 0 spiro atoms.